The lowest BCUT2D eigenvalue weighted by molar-refractivity contribution is -0.198. The molecule has 0 amide bonds. The summed E-state index contributed by atoms with van der Waals surface area (Å²) in [6.45, 7) is 2.18. The Kier molecular flexibility index (Phi) is 8.70. The molecule has 0 radical (unpaired) electrons. The zero-order chi connectivity index (χ0) is 18.1. The summed E-state index contributed by atoms with van der Waals surface area (Å²) in [5, 5.41) is 18.8. The second kappa shape index (κ2) is 10.8. The van der Waals surface area contributed by atoms with Crippen LogP contribution in [0, 0.1) is 11.8 Å². The number of carboxylic acid groups (broad SMARTS) is 1. The molecule has 3 aliphatic rings. The van der Waals surface area contributed by atoms with Gasteiger partial charge in [-0.05, 0) is 43.9 Å². The predicted octanol–water partition coefficient (Wildman–Crippen LogP) is 4.48. The number of hydrogen-bond acceptors (Lipinski definition) is 3. The van der Waals surface area contributed by atoms with Crippen molar-refractivity contribution in [2.45, 2.75) is 89.4 Å². The van der Waals surface area contributed by atoms with Gasteiger partial charge in [-0.2, -0.15) is 0 Å². The van der Waals surface area contributed by atoms with Crippen LogP contribution in [0.15, 0.2) is 24.3 Å². The lowest BCUT2D eigenvalue weighted by Gasteiger charge is -2.50. The molecule has 0 aromatic carbocycles. The maximum atomic E-state index is 10.5. The number of fused-ring (bicyclic) bond motifs is 2. The highest BCUT2D eigenvalue weighted by Crippen LogP contribution is 2.45. The average molecular weight is 350 g/mol. The first-order valence-corrected chi connectivity index (χ1v) is 9.98. The van der Waals surface area contributed by atoms with Crippen LogP contribution in [0.5, 0.6) is 0 Å². The van der Waals surface area contributed by atoms with E-state index in [0.29, 0.717) is 30.5 Å². The van der Waals surface area contributed by atoms with Gasteiger partial charge in [0.25, 0.3) is 0 Å². The minimum Gasteiger partial charge on any atom is -0.481 e. The fourth-order valence-corrected chi connectivity index (χ4v) is 3.94. The van der Waals surface area contributed by atoms with Crippen LogP contribution in [0.2, 0.25) is 0 Å². The van der Waals surface area contributed by atoms with E-state index in [4.69, 9.17) is 9.84 Å². The van der Waals surface area contributed by atoms with Crippen molar-refractivity contribution >= 4 is 5.97 Å². The Morgan fingerprint density at radius 1 is 1.24 bits per heavy atom. The first kappa shape index (κ1) is 20.2. The molecule has 0 aromatic heterocycles. The Bertz CT molecular complexity index is 451. The van der Waals surface area contributed by atoms with Crippen molar-refractivity contribution in [3.8, 4) is 0 Å². The van der Waals surface area contributed by atoms with Gasteiger partial charge in [-0.1, -0.05) is 50.5 Å². The molecule has 0 aromatic rings. The monoisotopic (exact) mass is 350 g/mol. The smallest absolute Gasteiger partial charge is 0.303 e. The zero-order valence-corrected chi connectivity index (χ0v) is 15.5. The third-order valence-corrected chi connectivity index (χ3v) is 5.45. The van der Waals surface area contributed by atoms with Gasteiger partial charge >= 0.3 is 5.97 Å². The number of allylic oxidation sites excluding steroid dienone is 3. The summed E-state index contributed by atoms with van der Waals surface area (Å²) < 4.78 is 5.91. The van der Waals surface area contributed by atoms with Crippen molar-refractivity contribution in [1.29, 1.82) is 0 Å². The number of aliphatic hydroxyl groups excluding tert-OH is 1. The van der Waals surface area contributed by atoms with Gasteiger partial charge in [0, 0.05) is 12.8 Å². The van der Waals surface area contributed by atoms with E-state index in [9.17, 15) is 9.90 Å². The Morgan fingerprint density at radius 3 is 2.76 bits per heavy atom. The average Bonchev–Trinajstić information content (AvgIpc) is 2.55. The lowest BCUT2D eigenvalue weighted by Crippen LogP contribution is -2.51. The predicted molar refractivity (Wildman–Crippen MR) is 99.4 cm³/mol. The van der Waals surface area contributed by atoms with Crippen molar-refractivity contribution in [3.05, 3.63) is 24.3 Å². The molecule has 5 atom stereocenters. The molecule has 2 saturated heterocycles. The van der Waals surface area contributed by atoms with Gasteiger partial charge in [-0.3, -0.25) is 4.79 Å². The quantitative estimate of drug-likeness (QED) is 0.402. The fourth-order valence-electron chi connectivity index (χ4n) is 3.94. The van der Waals surface area contributed by atoms with Crippen LogP contribution in [0.25, 0.3) is 0 Å². The van der Waals surface area contributed by atoms with Crippen LogP contribution in [-0.4, -0.2) is 34.5 Å². The highest BCUT2D eigenvalue weighted by atomic mass is 16.5. The second-order valence-corrected chi connectivity index (χ2v) is 7.54. The van der Waals surface area contributed by atoms with Crippen molar-refractivity contribution in [2.75, 3.05) is 0 Å². The minimum atomic E-state index is -0.725. The zero-order valence-electron chi connectivity index (χ0n) is 15.5. The van der Waals surface area contributed by atoms with E-state index >= 15 is 0 Å². The molecular formula is C21H34O4. The van der Waals surface area contributed by atoms with E-state index < -0.39 is 5.97 Å². The van der Waals surface area contributed by atoms with Crippen molar-refractivity contribution in [2.24, 2.45) is 11.8 Å². The minimum absolute atomic E-state index is 0.239. The molecule has 0 spiro atoms. The summed E-state index contributed by atoms with van der Waals surface area (Å²) in [4.78, 5) is 10.5. The summed E-state index contributed by atoms with van der Waals surface area (Å²) in [6.07, 6.45) is 18.2. The van der Waals surface area contributed by atoms with Gasteiger partial charge in [0.1, 0.15) is 0 Å². The van der Waals surface area contributed by atoms with Crippen LogP contribution in [-0.2, 0) is 9.53 Å². The molecule has 2 bridgehead atoms. The number of ether oxygens (including phenoxy) is 1. The van der Waals surface area contributed by atoms with Crippen LogP contribution in [0.4, 0.5) is 0 Å². The van der Waals surface area contributed by atoms with Crippen molar-refractivity contribution in [3.63, 3.8) is 0 Å². The SMILES string of the molecule is CCCCC[C@H](O)/C=C/C1C[C@@H]2C[C@@H](O2)[C@@H]1C/C=C\CCCC(=O)O. The number of unbranched alkanes of at least 4 members (excludes halogenated alkanes) is 3. The molecule has 2 heterocycles. The lowest BCUT2D eigenvalue weighted by atomic mass is 9.70. The van der Waals surface area contributed by atoms with Gasteiger partial charge < -0.3 is 14.9 Å². The van der Waals surface area contributed by atoms with Crippen molar-refractivity contribution in [1.82, 2.24) is 0 Å². The van der Waals surface area contributed by atoms with E-state index in [-0.39, 0.29) is 12.5 Å². The number of rotatable bonds is 12. The number of carboxylic acids is 1. The maximum absolute atomic E-state index is 10.5. The van der Waals surface area contributed by atoms with Crippen LogP contribution in [0.3, 0.4) is 0 Å². The number of aliphatic carboxylic acids is 1. The Labute approximate surface area is 152 Å². The van der Waals surface area contributed by atoms with Crippen LogP contribution in [0.1, 0.15) is 71.1 Å². The molecule has 1 aliphatic carbocycles. The Morgan fingerprint density at radius 2 is 2.04 bits per heavy atom. The summed E-state index contributed by atoms with van der Waals surface area (Å²) in [6, 6.07) is 0. The van der Waals surface area contributed by atoms with E-state index in [0.717, 1.165) is 32.1 Å². The van der Waals surface area contributed by atoms with E-state index in [1.54, 1.807) is 0 Å². The number of hydrogen-bond donors (Lipinski definition) is 2. The molecule has 142 valence electrons. The summed E-state index contributed by atoms with van der Waals surface area (Å²) in [5.74, 6) is 0.249. The van der Waals surface area contributed by atoms with Crippen molar-refractivity contribution < 1.29 is 19.7 Å². The highest BCUT2D eigenvalue weighted by Gasteiger charge is 2.45. The molecule has 4 heteroatoms. The summed E-state index contributed by atoms with van der Waals surface area (Å²) in [7, 11) is 0. The number of aliphatic hydroxyl groups is 1. The first-order valence-electron chi connectivity index (χ1n) is 9.98. The summed E-state index contributed by atoms with van der Waals surface area (Å²) >= 11 is 0. The molecule has 25 heavy (non-hydrogen) atoms. The third-order valence-electron chi connectivity index (χ3n) is 5.45. The molecule has 4 nitrogen and oxygen atoms in total. The van der Waals surface area contributed by atoms with E-state index in [1.807, 2.05) is 6.08 Å². The highest BCUT2D eigenvalue weighted by molar-refractivity contribution is 5.66. The maximum Gasteiger partial charge on any atom is 0.303 e. The fraction of sp³-hybridized carbons (Fsp3) is 0.762. The topological polar surface area (TPSA) is 66.8 Å². The molecule has 1 saturated carbocycles. The normalized spacial score (nSPS) is 29.8. The third kappa shape index (κ3) is 6.95. The van der Waals surface area contributed by atoms with Crippen LogP contribution < -0.4 is 0 Å². The first-order chi connectivity index (χ1) is 12.1. The van der Waals surface area contributed by atoms with Gasteiger partial charge in [-0.25, -0.2) is 0 Å². The Hall–Kier alpha value is -1.13. The number of carbonyl (C=O) groups is 1. The van der Waals surface area contributed by atoms with Gasteiger partial charge in [0.05, 0.1) is 18.3 Å². The van der Waals surface area contributed by atoms with Crippen LogP contribution >= 0.6 is 0 Å². The van der Waals surface area contributed by atoms with E-state index in [2.05, 4.69) is 25.2 Å². The molecule has 3 fully saturated rings. The molecule has 1 unspecified atom stereocenters. The van der Waals surface area contributed by atoms with Gasteiger partial charge in [-0.15, -0.1) is 0 Å². The summed E-state index contributed by atoms with van der Waals surface area (Å²) in [5.41, 5.74) is 0. The van der Waals surface area contributed by atoms with E-state index in [1.165, 1.54) is 19.3 Å². The second-order valence-electron chi connectivity index (χ2n) is 7.54. The van der Waals surface area contributed by atoms with Gasteiger partial charge in [0.2, 0.25) is 0 Å². The molecule has 2 N–H and O–H groups in total. The Balaban J connectivity index is 1.76. The molecule has 3 rings (SSSR count). The largest absolute Gasteiger partial charge is 0.481 e. The van der Waals surface area contributed by atoms with Gasteiger partial charge in [0.15, 0.2) is 0 Å². The molecular weight excluding hydrogens is 316 g/mol. The molecule has 2 aliphatic heterocycles. The standard InChI is InChI=1S/C21H34O4/c1-2-3-6-9-17(22)13-12-16-14-18-15-20(25-18)19(16)10-7-4-5-8-11-21(23)24/h4,7,12-13,16-20,22H,2-3,5-6,8-11,14-15H2,1H3,(H,23,24)/b7-4-,13-12+/t16?,17-,18+,19+,20+/m0/s1.